The van der Waals surface area contributed by atoms with Crippen molar-refractivity contribution >= 4 is 30.2 Å². The average Bonchev–Trinajstić information content (AvgIpc) is 2.33. The Kier molecular flexibility index (Phi) is 5.34. The first-order valence-corrected chi connectivity index (χ1v) is 6.82. The number of halogens is 3. The van der Waals surface area contributed by atoms with Crippen LogP contribution in [0.4, 0.5) is 23.4 Å². The number of benzene rings is 1. The molecule has 0 saturated heterocycles. The lowest BCUT2D eigenvalue weighted by molar-refractivity contribution is -0.136. The minimum Gasteiger partial charge on any atom is -0.481 e. The second kappa shape index (κ2) is 6.51. The molecule has 0 bridgehead atoms. The Balaban J connectivity index is 3.23. The predicted molar refractivity (Wildman–Crippen MR) is 81.1 cm³/mol. The summed E-state index contributed by atoms with van der Waals surface area (Å²) in [6.45, 7) is -0.439. The summed E-state index contributed by atoms with van der Waals surface area (Å²) in [6.07, 6.45) is -1.40. The molecule has 128 valence electrons. The molecular formula is C14H18BF3NO4-. The summed E-state index contributed by atoms with van der Waals surface area (Å²) < 4.78 is 44.1. The molecule has 0 radical (unpaired) electrons. The molecule has 0 aliphatic heterocycles. The fourth-order valence-corrected chi connectivity index (χ4v) is 1.79. The van der Waals surface area contributed by atoms with E-state index in [1.54, 1.807) is 20.8 Å². The Labute approximate surface area is 132 Å². The van der Waals surface area contributed by atoms with Gasteiger partial charge in [-0.2, -0.15) is 0 Å². The minimum atomic E-state index is -5.33. The molecule has 0 aliphatic carbocycles. The molecule has 1 aromatic rings. The first-order valence-electron chi connectivity index (χ1n) is 6.82. The van der Waals surface area contributed by atoms with Crippen LogP contribution in [0.25, 0.3) is 0 Å². The topological polar surface area (TPSA) is 66.8 Å². The van der Waals surface area contributed by atoms with Crippen LogP contribution in [0, 0.1) is 0 Å². The van der Waals surface area contributed by atoms with Gasteiger partial charge in [0.05, 0.1) is 6.42 Å². The lowest BCUT2D eigenvalue weighted by atomic mass is 9.78. The van der Waals surface area contributed by atoms with E-state index in [0.717, 1.165) is 17.0 Å². The van der Waals surface area contributed by atoms with Crippen LogP contribution < -0.4 is 10.4 Å². The van der Waals surface area contributed by atoms with Crippen molar-refractivity contribution in [3.63, 3.8) is 0 Å². The summed E-state index contributed by atoms with van der Waals surface area (Å²) in [5.41, 5.74) is -1.89. The van der Waals surface area contributed by atoms with Crippen LogP contribution in [0.5, 0.6) is 0 Å². The third-order valence-electron chi connectivity index (χ3n) is 2.79. The smallest absolute Gasteiger partial charge is 0.481 e. The van der Waals surface area contributed by atoms with Gasteiger partial charge in [0.1, 0.15) is 5.60 Å². The average molecular weight is 332 g/mol. The molecular weight excluding hydrogens is 314 g/mol. The largest absolute Gasteiger partial charge is 0.509 e. The molecule has 0 spiro atoms. The molecule has 0 aliphatic rings. The second-order valence-corrected chi connectivity index (χ2v) is 6.12. The summed E-state index contributed by atoms with van der Waals surface area (Å²) in [7, 11) is 1.26. The van der Waals surface area contributed by atoms with E-state index in [1.165, 1.54) is 13.1 Å². The highest BCUT2D eigenvalue weighted by atomic mass is 19.4. The third kappa shape index (κ3) is 5.84. The fraction of sp³-hybridized carbons (Fsp3) is 0.429. The van der Waals surface area contributed by atoms with Gasteiger partial charge >= 0.3 is 19.0 Å². The molecule has 0 atom stereocenters. The Morgan fingerprint density at radius 3 is 2.22 bits per heavy atom. The monoisotopic (exact) mass is 332 g/mol. The third-order valence-corrected chi connectivity index (χ3v) is 2.79. The molecule has 23 heavy (non-hydrogen) atoms. The van der Waals surface area contributed by atoms with Crippen molar-refractivity contribution in [1.82, 2.24) is 0 Å². The highest BCUT2D eigenvalue weighted by Gasteiger charge is 2.28. The number of rotatable bonds is 4. The van der Waals surface area contributed by atoms with Gasteiger partial charge in [-0.05, 0) is 32.4 Å². The number of anilines is 1. The van der Waals surface area contributed by atoms with Gasteiger partial charge in [-0.1, -0.05) is 12.1 Å². The van der Waals surface area contributed by atoms with E-state index in [-0.39, 0.29) is 11.3 Å². The lowest BCUT2D eigenvalue weighted by Gasteiger charge is -2.26. The predicted octanol–water partition coefficient (Wildman–Crippen LogP) is 2.74. The van der Waals surface area contributed by atoms with Crippen molar-refractivity contribution in [3.8, 4) is 0 Å². The normalized spacial score (nSPS) is 12.0. The zero-order valence-corrected chi connectivity index (χ0v) is 13.3. The molecule has 1 amide bonds. The van der Waals surface area contributed by atoms with Crippen LogP contribution in [0.15, 0.2) is 18.2 Å². The number of amides is 1. The van der Waals surface area contributed by atoms with E-state index in [0.29, 0.717) is 0 Å². The van der Waals surface area contributed by atoms with Crippen molar-refractivity contribution in [2.45, 2.75) is 32.8 Å². The van der Waals surface area contributed by atoms with Crippen LogP contribution in [-0.4, -0.2) is 36.8 Å². The summed E-state index contributed by atoms with van der Waals surface area (Å²) >= 11 is 0. The zero-order valence-electron chi connectivity index (χ0n) is 13.3. The number of hydrogen-bond donors (Lipinski definition) is 1. The Hall–Kier alpha value is -2.19. The van der Waals surface area contributed by atoms with E-state index in [2.05, 4.69) is 0 Å². The van der Waals surface area contributed by atoms with E-state index in [9.17, 15) is 22.5 Å². The minimum absolute atomic E-state index is 0.0420. The Morgan fingerprint density at radius 1 is 1.22 bits per heavy atom. The van der Waals surface area contributed by atoms with E-state index >= 15 is 0 Å². The Morgan fingerprint density at radius 2 is 1.78 bits per heavy atom. The van der Waals surface area contributed by atoms with Gasteiger partial charge in [-0.25, -0.2) is 4.79 Å². The number of carboxylic acids is 1. The molecule has 1 N–H and O–H groups in total. The van der Waals surface area contributed by atoms with Gasteiger partial charge in [0.15, 0.2) is 0 Å². The Bertz CT molecular complexity index is 611. The SMILES string of the molecule is CN(C(=O)OC(C)(C)C)c1cc(CC(=O)O)cc([B-](F)(F)F)c1. The van der Waals surface area contributed by atoms with Crippen molar-refractivity contribution in [2.75, 3.05) is 11.9 Å². The summed E-state index contributed by atoms with van der Waals surface area (Å²) in [4.78, 5) is 23.6. The molecule has 0 fully saturated rings. The quantitative estimate of drug-likeness (QED) is 0.861. The number of carbonyl (C=O) groups excluding carboxylic acids is 1. The maximum atomic E-state index is 13.0. The number of carbonyl (C=O) groups is 2. The van der Waals surface area contributed by atoms with Crippen molar-refractivity contribution in [3.05, 3.63) is 23.8 Å². The molecule has 0 saturated carbocycles. The first kappa shape index (κ1) is 18.9. The molecule has 0 unspecified atom stereocenters. The van der Waals surface area contributed by atoms with Gasteiger partial charge in [0, 0.05) is 12.7 Å². The molecule has 0 aromatic heterocycles. The number of ether oxygens (including phenoxy) is 1. The maximum absolute atomic E-state index is 13.0. The number of hydrogen-bond acceptors (Lipinski definition) is 3. The summed E-state index contributed by atoms with van der Waals surface area (Å²) in [6, 6.07) is 2.80. The second-order valence-electron chi connectivity index (χ2n) is 6.12. The highest BCUT2D eigenvalue weighted by Crippen LogP contribution is 2.21. The van der Waals surface area contributed by atoms with Gasteiger partial charge in [0.2, 0.25) is 0 Å². The lowest BCUT2D eigenvalue weighted by Crippen LogP contribution is -2.37. The van der Waals surface area contributed by atoms with Crippen molar-refractivity contribution in [2.24, 2.45) is 0 Å². The van der Waals surface area contributed by atoms with E-state index in [1.807, 2.05) is 0 Å². The van der Waals surface area contributed by atoms with E-state index in [4.69, 9.17) is 9.84 Å². The summed E-state index contributed by atoms with van der Waals surface area (Å²) in [5, 5.41) is 8.77. The molecule has 0 heterocycles. The molecule has 9 heteroatoms. The van der Waals surface area contributed by atoms with Crippen LogP contribution in [0.1, 0.15) is 26.3 Å². The molecule has 1 aromatic carbocycles. The van der Waals surface area contributed by atoms with Crippen LogP contribution >= 0.6 is 0 Å². The molecule has 5 nitrogen and oxygen atoms in total. The van der Waals surface area contributed by atoms with E-state index < -0.39 is 36.5 Å². The van der Waals surface area contributed by atoms with Crippen LogP contribution in [-0.2, 0) is 16.0 Å². The van der Waals surface area contributed by atoms with Crippen molar-refractivity contribution < 1.29 is 32.4 Å². The number of aliphatic carboxylic acids is 1. The number of nitrogens with zero attached hydrogens (tertiary/aromatic N) is 1. The van der Waals surface area contributed by atoms with Crippen LogP contribution in [0.3, 0.4) is 0 Å². The van der Waals surface area contributed by atoms with Gasteiger partial charge in [0.25, 0.3) is 0 Å². The fourth-order valence-electron chi connectivity index (χ4n) is 1.79. The number of carboxylic acid groups (broad SMARTS) is 1. The van der Waals surface area contributed by atoms with Crippen molar-refractivity contribution in [1.29, 1.82) is 0 Å². The standard InChI is InChI=1S/C14H18BF3NO4/c1-14(2,3)23-13(22)19(4)11-6-9(7-12(20)21)5-10(8-11)15(16,17)18/h5-6,8H,7H2,1-4H3,(H,20,21)/q-1. The van der Waals surface area contributed by atoms with Gasteiger partial charge < -0.3 is 22.8 Å². The first-order chi connectivity index (χ1) is 10.3. The van der Waals surface area contributed by atoms with Gasteiger partial charge in [-0.15, -0.1) is 5.46 Å². The maximum Gasteiger partial charge on any atom is 0.509 e. The molecule has 1 rings (SSSR count). The zero-order chi connectivity index (χ0) is 18.0. The highest BCUT2D eigenvalue weighted by molar-refractivity contribution is 6.73. The summed E-state index contributed by atoms with van der Waals surface area (Å²) in [5.74, 6) is -1.26. The van der Waals surface area contributed by atoms with Crippen LogP contribution in [0.2, 0.25) is 0 Å². The van der Waals surface area contributed by atoms with Gasteiger partial charge in [-0.3, -0.25) is 9.69 Å².